The molecule has 1 amide bonds. The Morgan fingerprint density at radius 3 is 2.33 bits per heavy atom. The second-order valence-corrected chi connectivity index (χ2v) is 4.61. The Kier molecular flexibility index (Phi) is 8.76. The Morgan fingerprint density at radius 2 is 1.89 bits per heavy atom. The first-order valence-corrected chi connectivity index (χ1v) is 6.79. The van der Waals surface area contributed by atoms with E-state index in [9.17, 15) is 10.1 Å². The van der Waals surface area contributed by atoms with Crippen LogP contribution in [0.1, 0.15) is 58.8 Å². The van der Waals surface area contributed by atoms with Gasteiger partial charge in [0.25, 0.3) is 0 Å². The molecule has 100 valence electrons. The highest BCUT2D eigenvalue weighted by molar-refractivity contribution is 5.85. The number of nitrogens with zero attached hydrogens (tertiary/aromatic N) is 1. The molecule has 0 atom stereocenters. The molecule has 0 aromatic carbocycles. The van der Waals surface area contributed by atoms with E-state index in [2.05, 4.69) is 17.3 Å². The van der Waals surface area contributed by atoms with Gasteiger partial charge >= 0.3 is 0 Å². The van der Waals surface area contributed by atoms with Crippen molar-refractivity contribution in [2.75, 3.05) is 6.54 Å². The molecule has 0 fully saturated rings. The van der Waals surface area contributed by atoms with Crippen molar-refractivity contribution < 1.29 is 4.79 Å². The van der Waals surface area contributed by atoms with Crippen LogP contribution in [0, 0.1) is 29.1 Å². The van der Waals surface area contributed by atoms with E-state index in [0.717, 1.165) is 32.1 Å². The van der Waals surface area contributed by atoms with Gasteiger partial charge in [-0.2, -0.15) is 5.26 Å². The van der Waals surface area contributed by atoms with Gasteiger partial charge in [-0.1, -0.05) is 26.7 Å². The normalized spacial score (nSPS) is 10.4. The first-order valence-electron chi connectivity index (χ1n) is 6.79. The summed E-state index contributed by atoms with van der Waals surface area (Å²) in [4.78, 5) is 12.1. The van der Waals surface area contributed by atoms with E-state index < -0.39 is 5.41 Å². The fourth-order valence-corrected chi connectivity index (χ4v) is 2.09. The molecular formula is C15H24N2O. The maximum absolute atomic E-state index is 12.1. The van der Waals surface area contributed by atoms with Crippen molar-refractivity contribution in [3.05, 3.63) is 0 Å². The number of unbranched alkanes of at least 4 members (excludes halogenated alkanes) is 2. The van der Waals surface area contributed by atoms with Crippen LogP contribution in [-0.4, -0.2) is 12.5 Å². The summed E-state index contributed by atoms with van der Waals surface area (Å²) >= 11 is 0. The topological polar surface area (TPSA) is 52.9 Å². The molecule has 0 aliphatic rings. The SMILES string of the molecule is C#CCCCCNC(=O)C(C#N)(CCC)CCC. The van der Waals surface area contributed by atoms with Gasteiger partial charge in [0.1, 0.15) is 5.41 Å². The zero-order valence-electron chi connectivity index (χ0n) is 11.6. The minimum absolute atomic E-state index is 0.116. The average molecular weight is 248 g/mol. The van der Waals surface area contributed by atoms with Crippen LogP contribution in [0.15, 0.2) is 0 Å². The molecule has 0 unspecified atom stereocenters. The highest BCUT2D eigenvalue weighted by Crippen LogP contribution is 2.29. The van der Waals surface area contributed by atoms with Gasteiger partial charge in [0, 0.05) is 13.0 Å². The average Bonchev–Trinajstić information content (AvgIpc) is 2.37. The van der Waals surface area contributed by atoms with Crippen molar-refractivity contribution in [1.82, 2.24) is 5.32 Å². The van der Waals surface area contributed by atoms with E-state index in [1.54, 1.807) is 0 Å². The summed E-state index contributed by atoms with van der Waals surface area (Å²) in [6.45, 7) is 4.61. The summed E-state index contributed by atoms with van der Waals surface area (Å²) in [7, 11) is 0. The Balaban J connectivity index is 4.31. The third-order valence-electron chi connectivity index (χ3n) is 3.04. The van der Waals surface area contributed by atoms with Crippen molar-refractivity contribution in [3.8, 4) is 18.4 Å². The van der Waals surface area contributed by atoms with E-state index in [4.69, 9.17) is 6.42 Å². The van der Waals surface area contributed by atoms with Gasteiger partial charge in [-0.25, -0.2) is 0 Å². The summed E-state index contributed by atoms with van der Waals surface area (Å²) in [6.07, 6.45) is 10.6. The summed E-state index contributed by atoms with van der Waals surface area (Å²) in [5.74, 6) is 2.46. The smallest absolute Gasteiger partial charge is 0.240 e. The second kappa shape index (κ2) is 9.54. The molecule has 18 heavy (non-hydrogen) atoms. The summed E-state index contributed by atoms with van der Waals surface area (Å²) in [6, 6.07) is 2.22. The molecule has 0 saturated carbocycles. The van der Waals surface area contributed by atoms with E-state index in [1.807, 2.05) is 13.8 Å². The number of amides is 1. The molecule has 0 saturated heterocycles. The van der Waals surface area contributed by atoms with Gasteiger partial charge in [0.15, 0.2) is 0 Å². The molecule has 0 spiro atoms. The number of nitriles is 1. The van der Waals surface area contributed by atoms with Crippen LogP contribution in [0.25, 0.3) is 0 Å². The molecule has 3 heteroatoms. The minimum atomic E-state index is -0.838. The highest BCUT2D eigenvalue weighted by atomic mass is 16.2. The number of nitrogens with one attached hydrogen (secondary N) is 1. The Morgan fingerprint density at radius 1 is 1.28 bits per heavy atom. The highest BCUT2D eigenvalue weighted by Gasteiger charge is 2.36. The lowest BCUT2D eigenvalue weighted by Crippen LogP contribution is -2.40. The molecule has 0 aromatic rings. The second-order valence-electron chi connectivity index (χ2n) is 4.61. The fraction of sp³-hybridized carbons (Fsp3) is 0.733. The van der Waals surface area contributed by atoms with Crippen molar-refractivity contribution in [1.29, 1.82) is 5.26 Å². The van der Waals surface area contributed by atoms with Crippen molar-refractivity contribution in [2.24, 2.45) is 5.41 Å². The lowest BCUT2D eigenvalue weighted by Gasteiger charge is -2.24. The molecule has 0 radical (unpaired) electrons. The zero-order chi connectivity index (χ0) is 13.9. The number of carbonyl (C=O) groups is 1. The number of hydrogen-bond donors (Lipinski definition) is 1. The summed E-state index contributed by atoms with van der Waals surface area (Å²) in [5, 5.41) is 12.2. The van der Waals surface area contributed by atoms with Crippen molar-refractivity contribution in [3.63, 3.8) is 0 Å². The van der Waals surface area contributed by atoms with E-state index in [1.165, 1.54) is 0 Å². The molecule has 0 rings (SSSR count). The Labute approximate surface area is 111 Å². The van der Waals surface area contributed by atoms with Crippen LogP contribution < -0.4 is 5.32 Å². The van der Waals surface area contributed by atoms with Gasteiger partial charge in [0.2, 0.25) is 5.91 Å². The largest absolute Gasteiger partial charge is 0.355 e. The summed E-state index contributed by atoms with van der Waals surface area (Å²) in [5.41, 5.74) is -0.838. The third-order valence-corrected chi connectivity index (χ3v) is 3.04. The number of hydrogen-bond acceptors (Lipinski definition) is 2. The molecular weight excluding hydrogens is 224 g/mol. The molecule has 0 bridgehead atoms. The molecule has 3 nitrogen and oxygen atoms in total. The van der Waals surface area contributed by atoms with Crippen LogP contribution in [0.3, 0.4) is 0 Å². The molecule has 0 aliphatic heterocycles. The first-order chi connectivity index (χ1) is 8.66. The van der Waals surface area contributed by atoms with Gasteiger partial charge in [-0.15, -0.1) is 12.3 Å². The lowest BCUT2D eigenvalue weighted by molar-refractivity contribution is -0.128. The molecule has 1 N–H and O–H groups in total. The molecule has 0 heterocycles. The van der Waals surface area contributed by atoms with Gasteiger partial charge in [-0.05, 0) is 25.7 Å². The number of carbonyl (C=O) groups excluding carboxylic acids is 1. The predicted octanol–water partition coefficient (Wildman–Crippen LogP) is 3.02. The monoisotopic (exact) mass is 248 g/mol. The minimum Gasteiger partial charge on any atom is -0.355 e. The Hall–Kier alpha value is -1.48. The van der Waals surface area contributed by atoms with Crippen LogP contribution >= 0.6 is 0 Å². The van der Waals surface area contributed by atoms with Crippen LogP contribution in [0.5, 0.6) is 0 Å². The molecule has 0 aliphatic carbocycles. The fourth-order valence-electron chi connectivity index (χ4n) is 2.09. The lowest BCUT2D eigenvalue weighted by atomic mass is 9.80. The molecule has 0 aromatic heterocycles. The van der Waals surface area contributed by atoms with Crippen molar-refractivity contribution >= 4 is 5.91 Å². The standard InChI is InChI=1S/C15H24N2O/c1-4-7-8-9-12-17-14(18)15(13-16,10-5-2)11-6-3/h1H,5-12H2,2-3H3,(H,17,18). The van der Waals surface area contributed by atoms with E-state index in [0.29, 0.717) is 19.4 Å². The van der Waals surface area contributed by atoms with Gasteiger partial charge in [0.05, 0.1) is 6.07 Å². The van der Waals surface area contributed by atoms with E-state index in [-0.39, 0.29) is 5.91 Å². The quantitative estimate of drug-likeness (QED) is 0.503. The summed E-state index contributed by atoms with van der Waals surface area (Å²) < 4.78 is 0. The van der Waals surface area contributed by atoms with Crippen molar-refractivity contribution in [2.45, 2.75) is 58.8 Å². The maximum atomic E-state index is 12.1. The number of rotatable bonds is 9. The van der Waals surface area contributed by atoms with Crippen LogP contribution in [0.4, 0.5) is 0 Å². The van der Waals surface area contributed by atoms with Gasteiger partial charge < -0.3 is 5.32 Å². The number of terminal acetylenes is 1. The predicted molar refractivity (Wildman–Crippen MR) is 73.6 cm³/mol. The van der Waals surface area contributed by atoms with Crippen LogP contribution in [0.2, 0.25) is 0 Å². The first kappa shape index (κ1) is 16.5. The van der Waals surface area contributed by atoms with E-state index >= 15 is 0 Å². The Bertz CT molecular complexity index is 316. The third kappa shape index (κ3) is 5.23. The van der Waals surface area contributed by atoms with Gasteiger partial charge in [-0.3, -0.25) is 4.79 Å². The zero-order valence-corrected chi connectivity index (χ0v) is 11.6. The maximum Gasteiger partial charge on any atom is 0.240 e. The van der Waals surface area contributed by atoms with Crippen LogP contribution in [-0.2, 0) is 4.79 Å².